The SMILES string of the molecule is C/C(CC(=O)Nc1ccccn1)=N\NC(=O)c1cc(Cl)ccc1O. The quantitative estimate of drug-likeness (QED) is 0.571. The van der Waals surface area contributed by atoms with Crippen molar-refractivity contribution in [3.8, 4) is 5.75 Å². The van der Waals surface area contributed by atoms with Crippen molar-refractivity contribution in [2.75, 3.05) is 5.32 Å². The lowest BCUT2D eigenvalue weighted by Crippen LogP contribution is -2.21. The smallest absolute Gasteiger partial charge is 0.275 e. The van der Waals surface area contributed by atoms with Crippen molar-refractivity contribution in [1.29, 1.82) is 0 Å². The van der Waals surface area contributed by atoms with Gasteiger partial charge in [0.1, 0.15) is 11.6 Å². The van der Waals surface area contributed by atoms with Gasteiger partial charge in [-0.25, -0.2) is 10.4 Å². The van der Waals surface area contributed by atoms with Gasteiger partial charge < -0.3 is 10.4 Å². The number of pyridine rings is 1. The zero-order chi connectivity index (χ0) is 17.5. The number of nitrogens with one attached hydrogen (secondary N) is 2. The first-order valence-corrected chi connectivity index (χ1v) is 7.36. The first-order chi connectivity index (χ1) is 11.5. The molecule has 0 saturated heterocycles. The Hall–Kier alpha value is -2.93. The number of benzene rings is 1. The summed E-state index contributed by atoms with van der Waals surface area (Å²) in [7, 11) is 0. The monoisotopic (exact) mass is 346 g/mol. The molecule has 0 aliphatic rings. The minimum atomic E-state index is -0.625. The van der Waals surface area contributed by atoms with Gasteiger partial charge in [0.05, 0.1) is 12.0 Å². The Balaban J connectivity index is 1.92. The van der Waals surface area contributed by atoms with E-state index < -0.39 is 5.91 Å². The molecule has 124 valence electrons. The van der Waals surface area contributed by atoms with Crippen LogP contribution in [0.3, 0.4) is 0 Å². The molecule has 7 nitrogen and oxygen atoms in total. The summed E-state index contributed by atoms with van der Waals surface area (Å²) in [5.41, 5.74) is 2.66. The zero-order valence-electron chi connectivity index (χ0n) is 12.8. The van der Waals surface area contributed by atoms with Crippen LogP contribution < -0.4 is 10.7 Å². The van der Waals surface area contributed by atoms with Gasteiger partial charge in [0.2, 0.25) is 5.91 Å². The average molecular weight is 347 g/mol. The maximum absolute atomic E-state index is 12.0. The van der Waals surface area contributed by atoms with Gasteiger partial charge in [-0.3, -0.25) is 9.59 Å². The third-order valence-corrected chi connectivity index (χ3v) is 3.14. The molecule has 0 bridgehead atoms. The normalized spacial score (nSPS) is 11.0. The predicted octanol–water partition coefficient (Wildman–Crippen LogP) is 2.58. The lowest BCUT2D eigenvalue weighted by atomic mass is 10.2. The number of phenols is 1. The molecule has 0 spiro atoms. The van der Waals surface area contributed by atoms with Crippen LogP contribution in [-0.4, -0.2) is 27.6 Å². The van der Waals surface area contributed by atoms with Crippen molar-refractivity contribution < 1.29 is 14.7 Å². The lowest BCUT2D eigenvalue weighted by molar-refractivity contribution is -0.115. The molecule has 2 aromatic rings. The topological polar surface area (TPSA) is 104 Å². The number of aromatic nitrogens is 1. The van der Waals surface area contributed by atoms with Gasteiger partial charge in [-0.05, 0) is 37.3 Å². The largest absolute Gasteiger partial charge is 0.507 e. The molecule has 1 aromatic carbocycles. The molecule has 8 heteroatoms. The van der Waals surface area contributed by atoms with Crippen molar-refractivity contribution in [2.45, 2.75) is 13.3 Å². The highest BCUT2D eigenvalue weighted by Gasteiger charge is 2.11. The first-order valence-electron chi connectivity index (χ1n) is 6.98. The molecule has 3 N–H and O–H groups in total. The van der Waals surface area contributed by atoms with Crippen LogP contribution in [0.1, 0.15) is 23.7 Å². The number of anilines is 1. The van der Waals surface area contributed by atoms with E-state index in [1.54, 1.807) is 31.3 Å². The molecule has 0 fully saturated rings. The molecule has 0 unspecified atom stereocenters. The molecular formula is C16H15ClN4O3. The van der Waals surface area contributed by atoms with E-state index in [0.717, 1.165) is 0 Å². The Labute approximate surface area is 143 Å². The van der Waals surface area contributed by atoms with Crippen molar-refractivity contribution in [3.63, 3.8) is 0 Å². The Bertz CT molecular complexity index is 778. The molecule has 24 heavy (non-hydrogen) atoms. The third kappa shape index (κ3) is 5.06. The van der Waals surface area contributed by atoms with E-state index in [1.165, 1.54) is 18.2 Å². The van der Waals surface area contributed by atoms with Gasteiger partial charge >= 0.3 is 0 Å². The number of hydrogen-bond acceptors (Lipinski definition) is 5. The fourth-order valence-corrected chi connectivity index (χ4v) is 1.96. The number of amides is 2. The molecule has 0 aliphatic heterocycles. The Morgan fingerprint density at radius 2 is 2.08 bits per heavy atom. The van der Waals surface area contributed by atoms with Crippen molar-refractivity contribution in [1.82, 2.24) is 10.4 Å². The van der Waals surface area contributed by atoms with E-state index in [9.17, 15) is 14.7 Å². The summed E-state index contributed by atoms with van der Waals surface area (Å²) in [5, 5.41) is 16.4. The lowest BCUT2D eigenvalue weighted by Gasteiger charge is -2.06. The first kappa shape index (κ1) is 17.4. The Kier molecular flexibility index (Phi) is 5.86. The van der Waals surface area contributed by atoms with E-state index in [0.29, 0.717) is 16.6 Å². The van der Waals surface area contributed by atoms with Gasteiger partial charge in [0, 0.05) is 16.9 Å². The Morgan fingerprint density at radius 3 is 2.79 bits per heavy atom. The van der Waals surface area contributed by atoms with Crippen LogP contribution in [0, 0.1) is 0 Å². The van der Waals surface area contributed by atoms with E-state index in [2.05, 4.69) is 20.8 Å². The number of carbonyl (C=O) groups is 2. The molecule has 0 radical (unpaired) electrons. The van der Waals surface area contributed by atoms with Crippen molar-refractivity contribution in [3.05, 3.63) is 53.2 Å². The summed E-state index contributed by atoms with van der Waals surface area (Å²) in [6, 6.07) is 9.25. The molecule has 1 aromatic heterocycles. The third-order valence-electron chi connectivity index (χ3n) is 2.90. The van der Waals surface area contributed by atoms with Crippen LogP contribution in [0.2, 0.25) is 5.02 Å². The predicted molar refractivity (Wildman–Crippen MR) is 91.2 cm³/mol. The highest BCUT2D eigenvalue weighted by Crippen LogP contribution is 2.21. The van der Waals surface area contributed by atoms with E-state index in [4.69, 9.17) is 11.6 Å². The number of aromatic hydroxyl groups is 1. The molecular weight excluding hydrogens is 332 g/mol. The van der Waals surface area contributed by atoms with Crippen LogP contribution in [0.5, 0.6) is 5.75 Å². The second-order valence-electron chi connectivity index (χ2n) is 4.89. The summed E-state index contributed by atoms with van der Waals surface area (Å²) >= 11 is 5.78. The highest BCUT2D eigenvalue weighted by molar-refractivity contribution is 6.31. The summed E-state index contributed by atoms with van der Waals surface area (Å²) in [6.07, 6.45) is 1.55. The molecule has 2 rings (SSSR count). The highest BCUT2D eigenvalue weighted by atomic mass is 35.5. The minimum absolute atomic E-state index is 0.00279. The number of phenolic OH excluding ortho intramolecular Hbond substituents is 1. The standard InChI is InChI=1S/C16H15ClN4O3/c1-10(8-15(23)19-14-4-2-3-7-18-14)20-21-16(24)12-9-11(17)5-6-13(12)22/h2-7,9,22H,8H2,1H3,(H,21,24)(H,18,19,23)/b20-10+. The fraction of sp³-hybridized carbons (Fsp3) is 0.125. The number of nitrogens with zero attached hydrogens (tertiary/aromatic N) is 2. The fourth-order valence-electron chi connectivity index (χ4n) is 1.79. The van der Waals surface area contributed by atoms with Crippen LogP contribution in [0.25, 0.3) is 0 Å². The van der Waals surface area contributed by atoms with Crippen LogP contribution >= 0.6 is 11.6 Å². The van der Waals surface area contributed by atoms with Gasteiger partial charge in [0.15, 0.2) is 0 Å². The summed E-state index contributed by atoms with van der Waals surface area (Å²) in [5.74, 6) is -0.713. The van der Waals surface area contributed by atoms with Gasteiger partial charge in [-0.2, -0.15) is 5.10 Å². The van der Waals surface area contributed by atoms with Gasteiger partial charge in [-0.1, -0.05) is 17.7 Å². The number of hydrazone groups is 1. The molecule has 0 aliphatic carbocycles. The number of rotatable bonds is 5. The molecule has 0 saturated carbocycles. The van der Waals surface area contributed by atoms with Crippen molar-refractivity contribution >= 4 is 34.9 Å². The maximum Gasteiger partial charge on any atom is 0.275 e. The number of halogens is 1. The zero-order valence-corrected chi connectivity index (χ0v) is 13.5. The molecule has 1 heterocycles. The van der Waals surface area contributed by atoms with E-state index >= 15 is 0 Å². The van der Waals surface area contributed by atoms with Crippen LogP contribution in [0.15, 0.2) is 47.7 Å². The summed E-state index contributed by atoms with van der Waals surface area (Å²) < 4.78 is 0. The summed E-state index contributed by atoms with van der Waals surface area (Å²) in [4.78, 5) is 27.8. The minimum Gasteiger partial charge on any atom is -0.507 e. The van der Waals surface area contributed by atoms with Gasteiger partial charge in [0.25, 0.3) is 5.91 Å². The van der Waals surface area contributed by atoms with Gasteiger partial charge in [-0.15, -0.1) is 0 Å². The van der Waals surface area contributed by atoms with Crippen LogP contribution in [0.4, 0.5) is 5.82 Å². The number of carbonyl (C=O) groups excluding carboxylic acids is 2. The second kappa shape index (κ2) is 8.07. The average Bonchev–Trinajstić information content (AvgIpc) is 2.55. The van der Waals surface area contributed by atoms with E-state index in [-0.39, 0.29) is 23.6 Å². The molecule has 2 amide bonds. The summed E-state index contributed by atoms with van der Waals surface area (Å²) in [6.45, 7) is 1.59. The Morgan fingerprint density at radius 1 is 1.29 bits per heavy atom. The van der Waals surface area contributed by atoms with E-state index in [1.807, 2.05) is 0 Å². The number of hydrogen-bond donors (Lipinski definition) is 3. The maximum atomic E-state index is 12.0. The van der Waals surface area contributed by atoms with Crippen LogP contribution in [-0.2, 0) is 4.79 Å². The van der Waals surface area contributed by atoms with Crippen molar-refractivity contribution in [2.24, 2.45) is 5.10 Å². The second-order valence-corrected chi connectivity index (χ2v) is 5.33. The molecule has 0 atom stereocenters.